The Morgan fingerprint density at radius 1 is 0.767 bits per heavy atom. The largest absolute Gasteiger partial charge is 0.339 e. The maximum atomic E-state index is 14.9. The highest BCUT2D eigenvalue weighted by Gasteiger charge is 2.62. The zero-order chi connectivity index (χ0) is 21.8. The molecule has 0 bridgehead atoms. The molecule has 0 N–H and O–H groups in total. The Bertz CT molecular complexity index is 642. The topological polar surface area (TPSA) is 0 Å². The highest BCUT2D eigenvalue weighted by Crippen LogP contribution is 2.52. The van der Waals surface area contributed by atoms with Crippen molar-refractivity contribution < 1.29 is 17.6 Å². The lowest BCUT2D eigenvalue weighted by Crippen LogP contribution is -2.47. The Morgan fingerprint density at radius 2 is 1.30 bits per heavy atom. The Kier molecular flexibility index (Phi) is 7.90. The van der Waals surface area contributed by atoms with Crippen molar-refractivity contribution in [1.82, 2.24) is 0 Å². The van der Waals surface area contributed by atoms with Crippen molar-refractivity contribution in [1.29, 1.82) is 0 Å². The van der Waals surface area contributed by atoms with Crippen LogP contribution in [0.1, 0.15) is 90.9 Å². The third-order valence-electron chi connectivity index (χ3n) is 7.68. The minimum Gasteiger partial charge on any atom is -0.194 e. The molecule has 0 spiro atoms. The molecule has 30 heavy (non-hydrogen) atoms. The van der Waals surface area contributed by atoms with Gasteiger partial charge < -0.3 is 0 Å². The average Bonchev–Trinajstić information content (AvgIpc) is 2.72. The lowest BCUT2D eigenvalue weighted by Gasteiger charge is -2.38. The fourth-order valence-electron chi connectivity index (χ4n) is 5.79. The molecule has 0 unspecified atom stereocenters. The first-order chi connectivity index (χ1) is 14.3. The van der Waals surface area contributed by atoms with Crippen LogP contribution in [0.4, 0.5) is 17.6 Å². The van der Waals surface area contributed by atoms with Crippen molar-refractivity contribution in [2.24, 2.45) is 23.7 Å². The lowest BCUT2D eigenvalue weighted by atomic mass is 9.73. The van der Waals surface area contributed by atoms with Crippen LogP contribution < -0.4 is 0 Å². The molecule has 0 saturated heterocycles. The van der Waals surface area contributed by atoms with Gasteiger partial charge in [-0.15, -0.1) is 0 Å². The van der Waals surface area contributed by atoms with E-state index in [1.807, 2.05) is 0 Å². The molecule has 0 aromatic carbocycles. The van der Waals surface area contributed by atoms with Gasteiger partial charge in [-0.25, -0.2) is 0 Å². The van der Waals surface area contributed by atoms with E-state index in [1.54, 1.807) is 6.08 Å². The van der Waals surface area contributed by atoms with Crippen molar-refractivity contribution >= 4 is 0 Å². The van der Waals surface area contributed by atoms with E-state index in [0.29, 0.717) is 18.8 Å². The second-order valence-corrected chi connectivity index (χ2v) is 9.83. The van der Waals surface area contributed by atoms with Crippen molar-refractivity contribution in [3.05, 3.63) is 35.5 Å². The molecule has 0 nitrogen and oxygen atoms in total. The predicted molar refractivity (Wildman–Crippen MR) is 116 cm³/mol. The second-order valence-electron chi connectivity index (χ2n) is 9.83. The summed E-state index contributed by atoms with van der Waals surface area (Å²) in [4.78, 5) is 0. The molecule has 0 amide bonds. The first-order valence-electron chi connectivity index (χ1n) is 12.2. The molecule has 4 heteroatoms. The maximum absolute atomic E-state index is 14.9. The van der Waals surface area contributed by atoms with Crippen molar-refractivity contribution in [2.75, 3.05) is 0 Å². The van der Waals surface area contributed by atoms with Crippen LogP contribution in [0.2, 0.25) is 0 Å². The number of allylic oxidation sites excluding steroid dienone is 6. The fourth-order valence-corrected chi connectivity index (χ4v) is 5.79. The van der Waals surface area contributed by atoms with Gasteiger partial charge in [0.15, 0.2) is 0 Å². The van der Waals surface area contributed by atoms with Crippen molar-refractivity contribution in [3.63, 3.8) is 0 Å². The fraction of sp³-hybridized carbons (Fsp3) is 0.769. The molecule has 0 radical (unpaired) electrons. The minimum absolute atomic E-state index is 0.225. The van der Waals surface area contributed by atoms with Crippen LogP contribution in [0.5, 0.6) is 0 Å². The second kappa shape index (κ2) is 10.0. The first kappa shape index (κ1) is 23.6. The van der Waals surface area contributed by atoms with E-state index in [0.717, 1.165) is 57.3 Å². The quantitative estimate of drug-likeness (QED) is 0.357. The molecule has 2 saturated carbocycles. The normalized spacial score (nSPS) is 33.9. The molecule has 170 valence electrons. The molecule has 3 aliphatic rings. The number of rotatable bonds is 7. The summed E-state index contributed by atoms with van der Waals surface area (Å²) in [6, 6.07) is 0. The van der Waals surface area contributed by atoms with Crippen LogP contribution in [-0.2, 0) is 0 Å². The molecule has 0 heterocycles. The van der Waals surface area contributed by atoms with Gasteiger partial charge in [0.25, 0.3) is 0 Å². The van der Waals surface area contributed by atoms with E-state index < -0.39 is 23.3 Å². The minimum atomic E-state index is -4.13. The summed E-state index contributed by atoms with van der Waals surface area (Å²) in [5.74, 6) is -7.13. The van der Waals surface area contributed by atoms with Crippen LogP contribution in [-0.4, -0.2) is 11.8 Å². The molecule has 3 aliphatic carbocycles. The summed E-state index contributed by atoms with van der Waals surface area (Å²) < 4.78 is 59.6. The van der Waals surface area contributed by atoms with Gasteiger partial charge in [-0.1, -0.05) is 63.8 Å². The maximum Gasteiger partial charge on any atom is 0.339 e. The van der Waals surface area contributed by atoms with Gasteiger partial charge in [-0.2, -0.15) is 17.6 Å². The van der Waals surface area contributed by atoms with Gasteiger partial charge in [0.1, 0.15) is 0 Å². The molecule has 3 rings (SSSR count). The predicted octanol–water partition coefficient (Wildman–Crippen LogP) is 8.89. The molecule has 0 aromatic rings. The zero-order valence-corrected chi connectivity index (χ0v) is 18.6. The van der Waals surface area contributed by atoms with Crippen LogP contribution in [0.15, 0.2) is 35.5 Å². The third-order valence-corrected chi connectivity index (χ3v) is 7.68. The van der Waals surface area contributed by atoms with Crippen LogP contribution in [0.3, 0.4) is 0 Å². The molecule has 0 atom stereocenters. The Morgan fingerprint density at radius 3 is 1.83 bits per heavy atom. The van der Waals surface area contributed by atoms with Crippen molar-refractivity contribution in [3.8, 4) is 0 Å². The molecule has 0 aromatic heterocycles. The Balaban J connectivity index is 1.68. The molecule has 2 fully saturated rings. The smallest absolute Gasteiger partial charge is 0.194 e. The summed E-state index contributed by atoms with van der Waals surface area (Å²) in [6.45, 7) is 4.31. The standard InChI is InChI=1S/C26H38F4/c1-3-5-19-7-9-21(10-8-19)13-16-23-17-18-24(26(29,30)25(23,27)28)22-14-11-20(6-4-2)12-15-22/h13,16-22H,3-12,14-15H2,1-2H3/b16-13+. The Labute approximate surface area is 179 Å². The van der Waals surface area contributed by atoms with Gasteiger partial charge in [0.2, 0.25) is 0 Å². The first-order valence-corrected chi connectivity index (χ1v) is 12.2. The van der Waals surface area contributed by atoms with Crippen LogP contribution >= 0.6 is 0 Å². The highest BCUT2D eigenvalue weighted by atomic mass is 19.3. The van der Waals surface area contributed by atoms with Crippen molar-refractivity contribution in [2.45, 2.75) is 103 Å². The van der Waals surface area contributed by atoms with E-state index in [-0.39, 0.29) is 11.5 Å². The molecule has 0 aliphatic heterocycles. The summed E-state index contributed by atoms with van der Waals surface area (Å²) in [7, 11) is 0. The number of hydrogen-bond acceptors (Lipinski definition) is 0. The monoisotopic (exact) mass is 426 g/mol. The molecular weight excluding hydrogens is 388 g/mol. The summed E-state index contributed by atoms with van der Waals surface area (Å²) in [5.41, 5.74) is -0.883. The van der Waals surface area contributed by atoms with E-state index in [4.69, 9.17) is 0 Å². The SMILES string of the molecule is CCCC1CCC(/C=C/C2=CC=C(C3CCC(CCC)CC3)C(F)(F)C2(F)F)CC1. The molecular formula is C26H38F4. The van der Waals surface area contributed by atoms with E-state index in [1.165, 1.54) is 31.1 Å². The van der Waals surface area contributed by atoms with Gasteiger partial charge >= 0.3 is 11.8 Å². The third kappa shape index (κ3) is 5.05. The van der Waals surface area contributed by atoms with E-state index in [9.17, 15) is 17.6 Å². The average molecular weight is 427 g/mol. The summed E-state index contributed by atoms with van der Waals surface area (Å²) in [6.07, 6.45) is 17.3. The summed E-state index contributed by atoms with van der Waals surface area (Å²) in [5, 5.41) is 0. The van der Waals surface area contributed by atoms with Crippen LogP contribution in [0, 0.1) is 23.7 Å². The van der Waals surface area contributed by atoms with Gasteiger partial charge in [0, 0.05) is 11.1 Å². The lowest BCUT2D eigenvalue weighted by molar-refractivity contribution is -0.166. The number of alkyl halides is 4. The van der Waals surface area contributed by atoms with E-state index >= 15 is 0 Å². The van der Waals surface area contributed by atoms with E-state index in [2.05, 4.69) is 13.8 Å². The zero-order valence-electron chi connectivity index (χ0n) is 18.6. The summed E-state index contributed by atoms with van der Waals surface area (Å²) >= 11 is 0. The van der Waals surface area contributed by atoms with Gasteiger partial charge in [0.05, 0.1) is 0 Å². The van der Waals surface area contributed by atoms with Gasteiger partial charge in [-0.05, 0) is 75.0 Å². The highest BCUT2D eigenvalue weighted by molar-refractivity contribution is 5.44. The van der Waals surface area contributed by atoms with Crippen LogP contribution in [0.25, 0.3) is 0 Å². The van der Waals surface area contributed by atoms with Gasteiger partial charge in [-0.3, -0.25) is 0 Å². The number of halogens is 4. The Hall–Kier alpha value is -1.06. The number of hydrogen-bond donors (Lipinski definition) is 0.